The second-order valence-electron chi connectivity index (χ2n) is 6.38. The minimum atomic E-state index is -0.740. The van der Waals surface area contributed by atoms with Gasteiger partial charge in [-0.2, -0.15) is 0 Å². The average Bonchev–Trinajstić information content (AvgIpc) is 2.95. The van der Waals surface area contributed by atoms with Crippen molar-refractivity contribution in [3.05, 3.63) is 65.5 Å². The highest BCUT2D eigenvalue weighted by atomic mass is 16.5. The second-order valence-corrected chi connectivity index (χ2v) is 6.38. The first-order valence-electron chi connectivity index (χ1n) is 8.70. The number of methoxy groups -OCH3 is 1. The van der Waals surface area contributed by atoms with Crippen molar-refractivity contribution < 1.29 is 19.1 Å². The molecule has 28 heavy (non-hydrogen) atoms. The fraction of sp³-hybridized carbons (Fsp3) is 0.190. The number of aryl methyl sites for hydroxylation is 1. The molecule has 0 spiro atoms. The predicted octanol–water partition coefficient (Wildman–Crippen LogP) is 2.75. The van der Waals surface area contributed by atoms with Gasteiger partial charge in [-0.05, 0) is 55.8 Å². The molecule has 1 aromatic heterocycles. The van der Waals surface area contributed by atoms with Gasteiger partial charge in [0.05, 0.1) is 7.11 Å². The largest absolute Gasteiger partial charge is 0.497 e. The van der Waals surface area contributed by atoms with Crippen molar-refractivity contribution in [3.8, 4) is 11.4 Å². The Bertz CT molecular complexity index is 999. The maximum absolute atomic E-state index is 12.6. The fourth-order valence-corrected chi connectivity index (χ4v) is 3.21. The van der Waals surface area contributed by atoms with Crippen LogP contribution in [-0.4, -0.2) is 41.0 Å². The van der Waals surface area contributed by atoms with E-state index in [-0.39, 0.29) is 12.1 Å². The lowest BCUT2D eigenvalue weighted by Crippen LogP contribution is -2.54. The van der Waals surface area contributed by atoms with E-state index in [1.807, 2.05) is 48.7 Å². The summed E-state index contributed by atoms with van der Waals surface area (Å²) in [6.07, 6.45) is 2.95. The number of carbonyl (C=O) groups is 3. The molecule has 1 aliphatic rings. The number of rotatable bonds is 5. The van der Waals surface area contributed by atoms with Crippen LogP contribution in [0.3, 0.4) is 0 Å². The number of amides is 4. The molecule has 1 aliphatic heterocycles. The molecule has 1 saturated heterocycles. The molecule has 1 fully saturated rings. The molecule has 3 rings (SSSR count). The number of aromatic nitrogens is 1. The van der Waals surface area contributed by atoms with Crippen LogP contribution in [-0.2, 0) is 9.59 Å². The number of benzene rings is 1. The van der Waals surface area contributed by atoms with Crippen LogP contribution in [0.2, 0.25) is 0 Å². The summed E-state index contributed by atoms with van der Waals surface area (Å²) in [6, 6.07) is 8.74. The summed E-state index contributed by atoms with van der Waals surface area (Å²) in [7, 11) is 1.61. The Hall–Kier alpha value is -3.61. The van der Waals surface area contributed by atoms with Gasteiger partial charge in [-0.25, -0.2) is 4.79 Å². The number of carbonyl (C=O) groups excluding carboxylic acids is 3. The third-order valence-electron chi connectivity index (χ3n) is 4.60. The molecule has 1 aromatic carbocycles. The van der Waals surface area contributed by atoms with Crippen molar-refractivity contribution in [1.29, 1.82) is 0 Å². The first kappa shape index (κ1) is 19.2. The zero-order chi connectivity index (χ0) is 20.4. The summed E-state index contributed by atoms with van der Waals surface area (Å²) in [5, 5.41) is 2.19. The maximum atomic E-state index is 12.6. The third-order valence-corrected chi connectivity index (χ3v) is 4.60. The van der Waals surface area contributed by atoms with Crippen LogP contribution in [0.1, 0.15) is 17.0 Å². The van der Waals surface area contributed by atoms with E-state index in [0.29, 0.717) is 0 Å². The van der Waals surface area contributed by atoms with Gasteiger partial charge in [0.2, 0.25) is 0 Å². The molecule has 0 aliphatic carbocycles. The van der Waals surface area contributed by atoms with E-state index in [1.165, 1.54) is 12.2 Å². The first-order valence-corrected chi connectivity index (χ1v) is 8.70. The fourth-order valence-electron chi connectivity index (χ4n) is 3.21. The highest BCUT2D eigenvalue weighted by Gasteiger charge is 2.35. The van der Waals surface area contributed by atoms with Crippen LogP contribution in [0.4, 0.5) is 4.79 Å². The number of hydrogen-bond acceptors (Lipinski definition) is 4. The summed E-state index contributed by atoms with van der Waals surface area (Å²) in [6.45, 7) is 7.41. The molecular formula is C21H21N3O4. The number of ether oxygens (including phenoxy) is 1. The molecule has 0 radical (unpaired) electrons. The quantitative estimate of drug-likeness (QED) is 0.492. The van der Waals surface area contributed by atoms with E-state index in [4.69, 9.17) is 4.74 Å². The molecule has 4 amide bonds. The smallest absolute Gasteiger partial charge is 0.331 e. The second kappa shape index (κ2) is 7.56. The Labute approximate surface area is 162 Å². The number of nitrogens with one attached hydrogen (secondary N) is 1. The number of nitrogens with zero attached hydrogens (tertiary/aromatic N) is 2. The van der Waals surface area contributed by atoms with E-state index in [0.717, 1.165) is 33.3 Å². The van der Waals surface area contributed by atoms with Gasteiger partial charge in [-0.3, -0.25) is 19.8 Å². The molecule has 1 N–H and O–H groups in total. The SMILES string of the molecule is C=CCN1C(=O)NC(=O)/C(=C\c2cc(C)n(-c3ccc(OC)cc3)c2C)C1=O. The molecule has 0 saturated carbocycles. The maximum Gasteiger partial charge on any atom is 0.331 e. The summed E-state index contributed by atoms with van der Waals surface area (Å²) >= 11 is 0. The average molecular weight is 379 g/mol. The highest BCUT2D eigenvalue weighted by Crippen LogP contribution is 2.25. The summed E-state index contributed by atoms with van der Waals surface area (Å²) in [5.41, 5.74) is 3.37. The van der Waals surface area contributed by atoms with Crippen LogP contribution in [0.15, 0.2) is 48.6 Å². The molecule has 144 valence electrons. The Kier molecular flexibility index (Phi) is 5.17. The van der Waals surface area contributed by atoms with Gasteiger partial charge >= 0.3 is 6.03 Å². The lowest BCUT2D eigenvalue weighted by Gasteiger charge is -2.25. The van der Waals surface area contributed by atoms with Crippen LogP contribution in [0.25, 0.3) is 11.8 Å². The van der Waals surface area contributed by atoms with Gasteiger partial charge < -0.3 is 9.30 Å². The summed E-state index contributed by atoms with van der Waals surface area (Å²) < 4.78 is 7.21. The molecule has 2 heterocycles. The minimum Gasteiger partial charge on any atom is -0.497 e. The highest BCUT2D eigenvalue weighted by molar-refractivity contribution is 6.31. The number of imide groups is 2. The summed E-state index contributed by atoms with van der Waals surface area (Å²) in [4.78, 5) is 37.6. The summed E-state index contributed by atoms with van der Waals surface area (Å²) in [5.74, 6) is -0.586. The van der Waals surface area contributed by atoms with Crippen molar-refractivity contribution in [2.75, 3.05) is 13.7 Å². The van der Waals surface area contributed by atoms with Crippen molar-refractivity contribution in [2.45, 2.75) is 13.8 Å². The van der Waals surface area contributed by atoms with Crippen molar-refractivity contribution in [1.82, 2.24) is 14.8 Å². The number of barbiturate groups is 1. The van der Waals surface area contributed by atoms with E-state index < -0.39 is 17.8 Å². The van der Waals surface area contributed by atoms with Crippen LogP contribution in [0.5, 0.6) is 5.75 Å². The minimum absolute atomic E-state index is 0.0279. The van der Waals surface area contributed by atoms with E-state index in [9.17, 15) is 14.4 Å². The van der Waals surface area contributed by atoms with Gasteiger partial charge in [0, 0.05) is 23.6 Å². The Morgan fingerprint density at radius 2 is 1.82 bits per heavy atom. The van der Waals surface area contributed by atoms with Crippen LogP contribution in [0, 0.1) is 13.8 Å². The van der Waals surface area contributed by atoms with Crippen molar-refractivity contribution >= 4 is 23.9 Å². The predicted molar refractivity (Wildman–Crippen MR) is 105 cm³/mol. The molecule has 2 aromatic rings. The van der Waals surface area contributed by atoms with Crippen molar-refractivity contribution in [2.24, 2.45) is 0 Å². The van der Waals surface area contributed by atoms with Gasteiger partial charge in [-0.1, -0.05) is 6.08 Å². The topological polar surface area (TPSA) is 80.6 Å². The molecular weight excluding hydrogens is 358 g/mol. The lowest BCUT2D eigenvalue weighted by atomic mass is 10.1. The van der Waals surface area contributed by atoms with Crippen LogP contribution < -0.4 is 10.1 Å². The number of urea groups is 1. The number of hydrogen-bond donors (Lipinski definition) is 1. The molecule has 7 nitrogen and oxygen atoms in total. The molecule has 7 heteroatoms. The van der Waals surface area contributed by atoms with Gasteiger partial charge in [-0.15, -0.1) is 6.58 Å². The lowest BCUT2D eigenvalue weighted by molar-refractivity contribution is -0.129. The first-order chi connectivity index (χ1) is 13.4. The third kappa shape index (κ3) is 3.34. The van der Waals surface area contributed by atoms with Gasteiger partial charge in [0.25, 0.3) is 11.8 Å². The molecule has 0 atom stereocenters. The van der Waals surface area contributed by atoms with Crippen LogP contribution >= 0.6 is 0 Å². The van der Waals surface area contributed by atoms with Gasteiger partial charge in [0.1, 0.15) is 11.3 Å². The monoisotopic (exact) mass is 379 g/mol. The molecule has 0 unspecified atom stereocenters. The van der Waals surface area contributed by atoms with Crippen molar-refractivity contribution in [3.63, 3.8) is 0 Å². The van der Waals surface area contributed by atoms with Gasteiger partial charge in [0.15, 0.2) is 0 Å². The standard InChI is InChI=1S/C21H21N3O4/c1-5-10-23-20(26)18(19(25)22-21(23)27)12-15-11-13(2)24(14(15)3)16-6-8-17(28-4)9-7-16/h5-9,11-12H,1,10H2,2-4H3,(H,22,25,27)/b18-12+. The van der Waals surface area contributed by atoms with E-state index in [2.05, 4.69) is 11.9 Å². The zero-order valence-electron chi connectivity index (χ0n) is 16.0. The Morgan fingerprint density at radius 1 is 1.14 bits per heavy atom. The van der Waals surface area contributed by atoms with E-state index >= 15 is 0 Å². The zero-order valence-corrected chi connectivity index (χ0v) is 16.0. The van der Waals surface area contributed by atoms with E-state index in [1.54, 1.807) is 7.11 Å². The Balaban J connectivity index is 2.02. The Morgan fingerprint density at radius 3 is 2.43 bits per heavy atom. The molecule has 0 bridgehead atoms. The normalized spacial score (nSPS) is 15.8.